The van der Waals surface area contributed by atoms with Crippen molar-refractivity contribution in [3.63, 3.8) is 0 Å². The van der Waals surface area contributed by atoms with Crippen LogP contribution in [0, 0.1) is 18.8 Å². The first-order chi connectivity index (χ1) is 21.5. The van der Waals surface area contributed by atoms with Gasteiger partial charge in [0.2, 0.25) is 5.91 Å². The average molecular weight is 618 g/mol. The van der Waals surface area contributed by atoms with Crippen molar-refractivity contribution >= 4 is 28.5 Å². The Balaban J connectivity index is 1.17. The Morgan fingerprint density at radius 1 is 1.16 bits per heavy atom. The fourth-order valence-electron chi connectivity index (χ4n) is 7.50. The summed E-state index contributed by atoms with van der Waals surface area (Å²) in [5.74, 6) is -3.81. The number of fused-ring (bicyclic) bond motifs is 4. The minimum atomic E-state index is -2.92. The third-order valence-electron chi connectivity index (χ3n) is 10.3. The number of rotatable bonds is 8. The van der Waals surface area contributed by atoms with Crippen LogP contribution in [0.15, 0.2) is 30.3 Å². The molecule has 2 aliphatic carbocycles. The third-order valence-corrected chi connectivity index (χ3v) is 10.3. The second-order valence-corrected chi connectivity index (χ2v) is 13.4. The van der Waals surface area contributed by atoms with E-state index in [0.29, 0.717) is 28.7 Å². The molecule has 45 heavy (non-hydrogen) atoms. The Labute approximate surface area is 258 Å². The predicted octanol–water partition coefficient (Wildman–Crippen LogP) is 4.61. The van der Waals surface area contributed by atoms with Crippen LogP contribution in [0.4, 0.5) is 8.78 Å². The first-order valence-corrected chi connectivity index (χ1v) is 15.9. The van der Waals surface area contributed by atoms with Crippen LogP contribution in [0.25, 0.3) is 28.1 Å². The summed E-state index contributed by atoms with van der Waals surface area (Å²) < 4.78 is 36.8. The summed E-state index contributed by atoms with van der Waals surface area (Å²) >= 11 is 0. The van der Waals surface area contributed by atoms with E-state index < -0.39 is 30.2 Å². The number of alkyl halides is 2. The van der Waals surface area contributed by atoms with Gasteiger partial charge in [0, 0.05) is 48.1 Å². The summed E-state index contributed by atoms with van der Waals surface area (Å²) in [4.78, 5) is 38.1. The lowest BCUT2D eigenvalue weighted by Crippen LogP contribution is -2.40. The summed E-state index contributed by atoms with van der Waals surface area (Å²) in [5, 5.41) is 3.64. The van der Waals surface area contributed by atoms with Crippen molar-refractivity contribution in [1.82, 2.24) is 29.2 Å². The smallest absolute Gasteiger partial charge is 0.260 e. The molecule has 10 nitrogen and oxygen atoms in total. The fourth-order valence-corrected chi connectivity index (χ4v) is 7.50. The topological polar surface area (TPSA) is 120 Å². The molecule has 2 saturated heterocycles. The monoisotopic (exact) mass is 617 g/mol. The largest absolute Gasteiger partial charge is 0.482 e. The van der Waals surface area contributed by atoms with Gasteiger partial charge >= 0.3 is 0 Å². The molecule has 3 N–H and O–H groups in total. The Morgan fingerprint density at radius 2 is 1.93 bits per heavy atom. The molecule has 4 aliphatic rings. The number of aromatic nitrogens is 4. The van der Waals surface area contributed by atoms with E-state index in [4.69, 9.17) is 20.4 Å². The first-order valence-electron chi connectivity index (χ1n) is 15.9. The maximum atomic E-state index is 13.8. The molecule has 4 fully saturated rings. The number of imidazole rings is 1. The third kappa shape index (κ3) is 4.59. The molecule has 4 aromatic heterocycles. The van der Waals surface area contributed by atoms with E-state index in [-0.39, 0.29) is 24.0 Å². The molecule has 5 atom stereocenters. The van der Waals surface area contributed by atoms with Gasteiger partial charge in [-0.15, -0.1) is 0 Å². The summed E-state index contributed by atoms with van der Waals surface area (Å²) in [6, 6.07) is 9.22. The molecule has 8 rings (SSSR count). The minimum absolute atomic E-state index is 0.0170. The van der Waals surface area contributed by atoms with E-state index in [2.05, 4.69) is 16.0 Å². The lowest BCUT2D eigenvalue weighted by Gasteiger charge is -2.23. The number of halogens is 2. The molecule has 6 heterocycles. The number of pyridine rings is 2. The SMILES string of the molecule is COc1cc(C(=O)N2[C@H]3CC[C@@H]2[C@H](N)C3)cc2nc(-c3cc4ccc([C@@H](C)NC(=O)[C@@H]5CC5(F)F)nc4n3CC3CC3)c(C)n12. The number of nitrogens with one attached hydrogen (secondary N) is 1. The predicted molar refractivity (Wildman–Crippen MR) is 163 cm³/mol. The molecule has 2 bridgehead atoms. The normalized spacial score (nSPS) is 25.7. The number of hydrogen-bond donors (Lipinski definition) is 2. The molecular weight excluding hydrogens is 580 g/mol. The molecule has 4 aromatic rings. The molecule has 0 aromatic carbocycles. The zero-order valence-corrected chi connectivity index (χ0v) is 25.6. The average Bonchev–Trinajstić information content (AvgIpc) is 3.75. The van der Waals surface area contributed by atoms with Gasteiger partial charge in [-0.3, -0.25) is 14.0 Å². The van der Waals surface area contributed by atoms with Crippen molar-refractivity contribution in [1.29, 1.82) is 0 Å². The lowest BCUT2D eigenvalue weighted by molar-refractivity contribution is -0.125. The zero-order valence-electron chi connectivity index (χ0n) is 25.6. The standard InChI is InChI=1S/C33H37F2N7O3/c1-16(37-31(43)22-14-33(22,34)35)24-8-6-19-10-26(40(30(19)38-24)15-18-4-5-18)29-17(2)41-27(39-29)11-20(12-28(41)45-3)32(44)42-21-7-9-25(42)23(36)13-21/h6,8,10-12,16,18,21-23,25H,4-5,7,9,13-15,36H2,1-3H3,(H,37,43)/t16-,21+,22+,23-,25-/m1/s1. The van der Waals surface area contributed by atoms with Crippen LogP contribution in [-0.4, -0.2) is 66.8 Å². The van der Waals surface area contributed by atoms with Crippen LogP contribution < -0.4 is 15.8 Å². The molecule has 0 radical (unpaired) electrons. The van der Waals surface area contributed by atoms with E-state index in [0.717, 1.165) is 66.8 Å². The Bertz CT molecular complexity index is 1880. The quantitative estimate of drug-likeness (QED) is 0.298. The second kappa shape index (κ2) is 9.97. The number of aryl methyl sites for hydroxylation is 1. The van der Waals surface area contributed by atoms with Gasteiger partial charge in [0.1, 0.15) is 22.9 Å². The second-order valence-electron chi connectivity index (χ2n) is 13.4. The number of carbonyl (C=O) groups is 2. The molecule has 236 valence electrons. The van der Waals surface area contributed by atoms with E-state index in [1.54, 1.807) is 20.1 Å². The van der Waals surface area contributed by atoms with E-state index in [1.165, 1.54) is 0 Å². The highest BCUT2D eigenvalue weighted by atomic mass is 19.3. The number of carbonyl (C=O) groups excluding carboxylic acids is 2. The molecule has 2 saturated carbocycles. The van der Waals surface area contributed by atoms with Gasteiger partial charge in [-0.05, 0) is 76.1 Å². The van der Waals surface area contributed by atoms with Crippen LogP contribution in [0.2, 0.25) is 0 Å². The lowest BCUT2D eigenvalue weighted by atomic mass is 9.97. The highest BCUT2D eigenvalue weighted by Crippen LogP contribution is 2.49. The number of methoxy groups -OCH3 is 1. The van der Waals surface area contributed by atoms with Crippen LogP contribution in [-0.2, 0) is 11.3 Å². The summed E-state index contributed by atoms with van der Waals surface area (Å²) in [6.07, 6.45) is 4.62. The van der Waals surface area contributed by atoms with Crippen molar-refractivity contribution in [3.8, 4) is 17.3 Å². The summed E-state index contributed by atoms with van der Waals surface area (Å²) in [5.41, 5.74) is 11.4. The van der Waals surface area contributed by atoms with Crippen molar-refractivity contribution in [2.24, 2.45) is 17.6 Å². The maximum absolute atomic E-state index is 13.8. The van der Waals surface area contributed by atoms with Gasteiger partial charge < -0.3 is 25.3 Å². The van der Waals surface area contributed by atoms with Crippen LogP contribution in [0.1, 0.15) is 73.2 Å². The van der Waals surface area contributed by atoms with Gasteiger partial charge in [-0.1, -0.05) is 0 Å². The van der Waals surface area contributed by atoms with Crippen molar-refractivity contribution in [2.45, 2.75) is 89.0 Å². The van der Waals surface area contributed by atoms with E-state index in [9.17, 15) is 18.4 Å². The van der Waals surface area contributed by atoms with Crippen molar-refractivity contribution < 1.29 is 23.1 Å². The number of nitrogens with two attached hydrogens (primary N) is 1. The van der Waals surface area contributed by atoms with Gasteiger partial charge in [-0.2, -0.15) is 0 Å². The fraction of sp³-hybridized carbons (Fsp3) is 0.515. The Morgan fingerprint density at radius 3 is 2.58 bits per heavy atom. The highest BCUT2D eigenvalue weighted by Gasteiger charge is 2.61. The van der Waals surface area contributed by atoms with E-state index >= 15 is 0 Å². The minimum Gasteiger partial charge on any atom is -0.482 e. The zero-order chi connectivity index (χ0) is 31.4. The number of hydrogen-bond acceptors (Lipinski definition) is 6. The van der Waals surface area contributed by atoms with Gasteiger partial charge in [0.05, 0.1) is 30.2 Å². The molecule has 0 unspecified atom stereocenters. The molecule has 0 spiro atoms. The van der Waals surface area contributed by atoms with Gasteiger partial charge in [-0.25, -0.2) is 18.7 Å². The molecule has 2 aliphatic heterocycles. The molecule has 2 amide bonds. The van der Waals surface area contributed by atoms with E-state index in [1.807, 2.05) is 34.4 Å². The number of amides is 2. The summed E-state index contributed by atoms with van der Waals surface area (Å²) in [6.45, 7) is 4.51. The number of ether oxygens (including phenoxy) is 1. The van der Waals surface area contributed by atoms with Crippen molar-refractivity contribution in [2.75, 3.05) is 7.11 Å². The van der Waals surface area contributed by atoms with Crippen molar-refractivity contribution in [3.05, 3.63) is 47.3 Å². The summed E-state index contributed by atoms with van der Waals surface area (Å²) in [7, 11) is 1.59. The van der Waals surface area contributed by atoms with Gasteiger partial charge in [0.15, 0.2) is 5.88 Å². The van der Waals surface area contributed by atoms with Gasteiger partial charge in [0.25, 0.3) is 11.8 Å². The Kier molecular flexibility index (Phi) is 6.30. The number of nitrogens with zero attached hydrogens (tertiary/aromatic N) is 5. The molecule has 12 heteroatoms. The van der Waals surface area contributed by atoms with Crippen LogP contribution in [0.5, 0.6) is 5.88 Å². The van der Waals surface area contributed by atoms with Crippen LogP contribution >= 0.6 is 0 Å². The first kappa shape index (κ1) is 28.4. The Hall–Kier alpha value is -4.06. The molecular formula is C33H37F2N7O3. The van der Waals surface area contributed by atoms with Crippen LogP contribution in [0.3, 0.4) is 0 Å². The maximum Gasteiger partial charge on any atom is 0.260 e. The highest BCUT2D eigenvalue weighted by molar-refractivity contribution is 5.97.